The van der Waals surface area contributed by atoms with Crippen molar-refractivity contribution in [3.63, 3.8) is 0 Å². The van der Waals surface area contributed by atoms with E-state index in [1.54, 1.807) is 48.5 Å². The average molecular weight is 303 g/mol. The lowest BCUT2D eigenvalue weighted by Crippen LogP contribution is -2.34. The van der Waals surface area contributed by atoms with E-state index in [1.165, 1.54) is 0 Å². The number of hydrogen-bond donors (Lipinski definition) is 2. The first-order valence-corrected chi connectivity index (χ1v) is 6.77. The predicted molar refractivity (Wildman–Crippen MR) is 81.8 cm³/mol. The quantitative estimate of drug-likeness (QED) is 0.887. The lowest BCUT2D eigenvalue weighted by Gasteiger charge is -2.23. The molecule has 2 unspecified atom stereocenters. The fourth-order valence-corrected chi connectivity index (χ4v) is 2.50. The summed E-state index contributed by atoms with van der Waals surface area (Å²) in [6.45, 7) is 0. The van der Waals surface area contributed by atoms with Gasteiger partial charge in [0.15, 0.2) is 0 Å². The number of nitrogens with two attached hydrogens (primary N) is 2. The zero-order chi connectivity index (χ0) is 15.4. The molecule has 0 heterocycles. The normalized spacial score (nSPS) is 13.4. The van der Waals surface area contributed by atoms with Gasteiger partial charge in [0.25, 0.3) is 0 Å². The summed E-state index contributed by atoms with van der Waals surface area (Å²) < 4.78 is 0. The van der Waals surface area contributed by atoms with Crippen LogP contribution in [0.15, 0.2) is 54.6 Å². The first-order valence-electron chi connectivity index (χ1n) is 6.39. The fraction of sp³-hybridized carbons (Fsp3) is 0.125. The highest BCUT2D eigenvalue weighted by atomic mass is 35.5. The number of benzene rings is 2. The summed E-state index contributed by atoms with van der Waals surface area (Å²) in [6.07, 6.45) is 0. The Hall–Kier alpha value is -2.33. The molecule has 108 valence electrons. The Morgan fingerprint density at radius 3 is 1.62 bits per heavy atom. The van der Waals surface area contributed by atoms with Gasteiger partial charge in [-0.25, -0.2) is 0 Å². The molecule has 0 saturated heterocycles. The van der Waals surface area contributed by atoms with E-state index < -0.39 is 23.7 Å². The molecule has 0 saturated carbocycles. The Balaban J connectivity index is 2.50. The van der Waals surface area contributed by atoms with Crippen molar-refractivity contribution in [3.8, 4) is 0 Å². The maximum absolute atomic E-state index is 11.9. The van der Waals surface area contributed by atoms with Crippen LogP contribution >= 0.6 is 11.6 Å². The van der Waals surface area contributed by atoms with Crippen molar-refractivity contribution in [1.82, 2.24) is 0 Å². The number of primary amides is 2. The topological polar surface area (TPSA) is 86.2 Å². The number of amides is 2. The van der Waals surface area contributed by atoms with E-state index in [0.29, 0.717) is 16.1 Å². The van der Waals surface area contributed by atoms with Crippen molar-refractivity contribution in [2.24, 2.45) is 11.5 Å². The second kappa shape index (κ2) is 6.41. The van der Waals surface area contributed by atoms with Crippen molar-refractivity contribution >= 4 is 23.4 Å². The maximum atomic E-state index is 11.9. The number of rotatable bonds is 5. The molecular weight excluding hydrogens is 288 g/mol. The van der Waals surface area contributed by atoms with Crippen LogP contribution < -0.4 is 11.5 Å². The Labute approximate surface area is 127 Å². The third-order valence-electron chi connectivity index (χ3n) is 3.33. The SMILES string of the molecule is NC(=O)C(c1ccccc1)C(C(N)=O)c1ccc(Cl)cc1. The molecule has 0 aromatic heterocycles. The van der Waals surface area contributed by atoms with Crippen LogP contribution in [0.5, 0.6) is 0 Å². The van der Waals surface area contributed by atoms with Gasteiger partial charge in [-0.2, -0.15) is 0 Å². The molecule has 2 rings (SSSR count). The van der Waals surface area contributed by atoms with Crippen LogP contribution in [0.1, 0.15) is 23.0 Å². The highest BCUT2D eigenvalue weighted by molar-refractivity contribution is 6.30. The van der Waals surface area contributed by atoms with Crippen LogP contribution in [-0.4, -0.2) is 11.8 Å². The highest BCUT2D eigenvalue weighted by Crippen LogP contribution is 2.33. The minimum absolute atomic E-state index is 0.539. The number of carbonyl (C=O) groups is 2. The number of carbonyl (C=O) groups excluding carboxylic acids is 2. The molecule has 0 radical (unpaired) electrons. The van der Waals surface area contributed by atoms with Gasteiger partial charge < -0.3 is 11.5 Å². The summed E-state index contributed by atoms with van der Waals surface area (Å²) in [5.74, 6) is -2.85. The van der Waals surface area contributed by atoms with Crippen molar-refractivity contribution in [3.05, 3.63) is 70.7 Å². The third kappa shape index (κ3) is 3.41. The van der Waals surface area contributed by atoms with Gasteiger partial charge in [0.1, 0.15) is 0 Å². The minimum atomic E-state index is -0.831. The molecular formula is C16H15ClN2O2. The number of hydrogen-bond acceptors (Lipinski definition) is 2. The van der Waals surface area contributed by atoms with E-state index in [2.05, 4.69) is 0 Å². The van der Waals surface area contributed by atoms with Crippen molar-refractivity contribution in [2.75, 3.05) is 0 Å². The number of halogens is 1. The van der Waals surface area contributed by atoms with Crippen LogP contribution in [0.25, 0.3) is 0 Å². The fourth-order valence-electron chi connectivity index (χ4n) is 2.37. The Morgan fingerprint density at radius 2 is 1.19 bits per heavy atom. The van der Waals surface area contributed by atoms with Gasteiger partial charge in [-0.05, 0) is 23.3 Å². The summed E-state index contributed by atoms with van der Waals surface area (Å²) in [7, 11) is 0. The largest absolute Gasteiger partial charge is 0.369 e. The summed E-state index contributed by atoms with van der Waals surface area (Å²) in [4.78, 5) is 23.8. The molecule has 4 nitrogen and oxygen atoms in total. The molecule has 5 heteroatoms. The molecule has 0 fully saturated rings. The smallest absolute Gasteiger partial charge is 0.226 e. The van der Waals surface area contributed by atoms with E-state index in [0.717, 1.165) is 0 Å². The van der Waals surface area contributed by atoms with Crippen LogP contribution in [0.3, 0.4) is 0 Å². The van der Waals surface area contributed by atoms with Crippen LogP contribution in [0.4, 0.5) is 0 Å². The van der Waals surface area contributed by atoms with Gasteiger partial charge in [0, 0.05) is 5.02 Å². The molecule has 0 aliphatic rings. The molecule has 0 spiro atoms. The van der Waals surface area contributed by atoms with Gasteiger partial charge in [-0.1, -0.05) is 54.1 Å². The van der Waals surface area contributed by atoms with Crippen LogP contribution in [-0.2, 0) is 9.59 Å². The lowest BCUT2D eigenvalue weighted by atomic mass is 9.80. The van der Waals surface area contributed by atoms with Crippen molar-refractivity contribution in [1.29, 1.82) is 0 Å². The Morgan fingerprint density at radius 1 is 0.762 bits per heavy atom. The predicted octanol–water partition coefficient (Wildman–Crippen LogP) is 2.18. The average Bonchev–Trinajstić information content (AvgIpc) is 2.46. The van der Waals surface area contributed by atoms with E-state index in [4.69, 9.17) is 23.1 Å². The molecule has 2 atom stereocenters. The van der Waals surface area contributed by atoms with Crippen molar-refractivity contribution < 1.29 is 9.59 Å². The zero-order valence-corrected chi connectivity index (χ0v) is 12.0. The van der Waals surface area contributed by atoms with Crippen LogP contribution in [0, 0.1) is 0 Å². The molecule has 0 aliphatic heterocycles. The summed E-state index contributed by atoms with van der Waals surface area (Å²) in [6, 6.07) is 15.5. The first kappa shape index (κ1) is 15.1. The van der Waals surface area contributed by atoms with Gasteiger partial charge in [0.05, 0.1) is 11.8 Å². The molecule has 0 aliphatic carbocycles. The maximum Gasteiger partial charge on any atom is 0.226 e. The summed E-state index contributed by atoms with van der Waals surface area (Å²) in [5, 5.41) is 0.539. The summed E-state index contributed by atoms with van der Waals surface area (Å²) >= 11 is 5.85. The van der Waals surface area contributed by atoms with E-state index in [1.807, 2.05) is 6.07 Å². The highest BCUT2D eigenvalue weighted by Gasteiger charge is 2.33. The molecule has 2 amide bonds. The Bertz CT molecular complexity index is 641. The minimum Gasteiger partial charge on any atom is -0.369 e. The van der Waals surface area contributed by atoms with Crippen molar-refractivity contribution in [2.45, 2.75) is 11.8 Å². The monoisotopic (exact) mass is 302 g/mol. The molecule has 2 aromatic rings. The molecule has 4 N–H and O–H groups in total. The molecule has 21 heavy (non-hydrogen) atoms. The second-order valence-electron chi connectivity index (χ2n) is 4.72. The Kier molecular flexibility index (Phi) is 4.60. The first-order chi connectivity index (χ1) is 10.0. The van der Waals surface area contributed by atoms with Gasteiger partial charge in [-0.3, -0.25) is 9.59 Å². The summed E-state index contributed by atoms with van der Waals surface area (Å²) in [5.41, 5.74) is 12.3. The van der Waals surface area contributed by atoms with Gasteiger partial charge in [0.2, 0.25) is 11.8 Å². The van der Waals surface area contributed by atoms with E-state index in [9.17, 15) is 9.59 Å². The lowest BCUT2D eigenvalue weighted by molar-refractivity contribution is -0.126. The standard InChI is InChI=1S/C16H15ClN2O2/c17-12-8-6-11(7-9-12)14(16(19)21)13(15(18)20)10-4-2-1-3-5-10/h1-9,13-14H,(H2,18,20)(H2,19,21). The second-order valence-corrected chi connectivity index (χ2v) is 5.16. The third-order valence-corrected chi connectivity index (χ3v) is 3.59. The van der Waals surface area contributed by atoms with E-state index >= 15 is 0 Å². The zero-order valence-electron chi connectivity index (χ0n) is 11.2. The van der Waals surface area contributed by atoms with Crippen LogP contribution in [0.2, 0.25) is 5.02 Å². The van der Waals surface area contributed by atoms with Gasteiger partial charge in [-0.15, -0.1) is 0 Å². The van der Waals surface area contributed by atoms with Gasteiger partial charge >= 0.3 is 0 Å². The molecule has 0 bridgehead atoms. The van der Waals surface area contributed by atoms with E-state index in [-0.39, 0.29) is 0 Å². The molecule has 2 aromatic carbocycles.